The Labute approximate surface area is 133 Å². The molecule has 0 aromatic rings. The molecule has 0 heterocycles. The molecule has 0 aromatic carbocycles. The van der Waals surface area contributed by atoms with E-state index in [0.29, 0.717) is 6.61 Å². The molecule has 2 nitrogen and oxygen atoms in total. The van der Waals surface area contributed by atoms with Crippen LogP contribution in [0.2, 0.25) is 18.1 Å². The van der Waals surface area contributed by atoms with Crippen molar-refractivity contribution in [2.24, 2.45) is 0 Å². The zero-order chi connectivity index (χ0) is 14.9. The highest BCUT2D eigenvalue weighted by Crippen LogP contribution is 2.26. The van der Waals surface area contributed by atoms with Gasteiger partial charge in [-0.05, 0) is 6.92 Å². The third-order valence-electron chi connectivity index (χ3n) is 3.49. The van der Waals surface area contributed by atoms with Gasteiger partial charge in [-0.1, -0.05) is 85.5 Å². The van der Waals surface area contributed by atoms with Crippen molar-refractivity contribution < 1.29 is 9.47 Å². The highest BCUT2D eigenvalue weighted by Gasteiger charge is 2.23. The Morgan fingerprint density at radius 1 is 1.05 bits per heavy atom. The normalized spacial score (nSPS) is 15.1. The molecule has 0 bridgehead atoms. The first-order chi connectivity index (χ1) is 8.78. The second-order valence-corrected chi connectivity index (χ2v) is 12.3. The number of rotatable bonds is 9. The van der Waals surface area contributed by atoms with E-state index in [1.165, 1.54) is 18.1 Å². The maximum absolute atomic E-state index is 5.60. The van der Waals surface area contributed by atoms with Gasteiger partial charge in [0.05, 0.1) is 21.3 Å². The van der Waals surface area contributed by atoms with Crippen LogP contribution < -0.4 is 0 Å². The van der Waals surface area contributed by atoms with Gasteiger partial charge in [0.1, 0.15) is 0 Å². The van der Waals surface area contributed by atoms with E-state index in [-0.39, 0.29) is 12.9 Å². The van der Waals surface area contributed by atoms with Crippen molar-refractivity contribution in [1.29, 1.82) is 0 Å². The summed E-state index contributed by atoms with van der Waals surface area (Å²) in [6.45, 7) is 9.19. The Kier molecular flexibility index (Phi) is 10.0. The molecule has 0 spiro atoms. The van der Waals surface area contributed by atoms with Gasteiger partial charge in [-0.15, -0.1) is 0 Å². The molecule has 1 atom stereocenters. The maximum Gasteiger partial charge on any atom is 0.213 e. The smallest absolute Gasteiger partial charge is 0.213 e. The molecule has 19 heavy (non-hydrogen) atoms. The maximum atomic E-state index is 5.60. The van der Waals surface area contributed by atoms with E-state index in [4.69, 9.17) is 44.3 Å². The Bertz CT molecular complexity index is 255. The minimum Gasteiger partial charge on any atom is -0.349 e. The zero-order valence-corrected chi connectivity index (χ0v) is 15.5. The standard InChI is InChI=1S/C13H25Cl3O2Si/c1-5-19(6-2,7-3)10-8-9-17-12(4)18-11-13(14,15)16/h8,10,12H,5-7,9,11H2,1-4H3. The van der Waals surface area contributed by atoms with Gasteiger partial charge in [0.15, 0.2) is 6.29 Å². The van der Waals surface area contributed by atoms with Crippen LogP contribution in [0.15, 0.2) is 11.8 Å². The molecular weight excluding hydrogens is 323 g/mol. The van der Waals surface area contributed by atoms with Crippen molar-refractivity contribution in [1.82, 2.24) is 0 Å². The topological polar surface area (TPSA) is 18.5 Å². The van der Waals surface area contributed by atoms with E-state index < -0.39 is 11.9 Å². The van der Waals surface area contributed by atoms with Crippen LogP contribution in [-0.4, -0.2) is 31.4 Å². The summed E-state index contributed by atoms with van der Waals surface area (Å²) in [5.74, 6) is 0. The summed E-state index contributed by atoms with van der Waals surface area (Å²) >= 11 is 16.8. The van der Waals surface area contributed by atoms with Crippen molar-refractivity contribution in [3.63, 3.8) is 0 Å². The molecule has 0 saturated heterocycles. The van der Waals surface area contributed by atoms with Crippen LogP contribution in [0.1, 0.15) is 27.7 Å². The van der Waals surface area contributed by atoms with Gasteiger partial charge in [0.2, 0.25) is 3.79 Å². The molecule has 0 rings (SSSR count). The number of hydrogen-bond donors (Lipinski definition) is 0. The Morgan fingerprint density at radius 2 is 1.58 bits per heavy atom. The van der Waals surface area contributed by atoms with E-state index in [9.17, 15) is 0 Å². The van der Waals surface area contributed by atoms with Gasteiger partial charge in [-0.2, -0.15) is 0 Å². The molecule has 6 heteroatoms. The number of alkyl halides is 3. The Hall–Kier alpha value is 0.747. The SMILES string of the molecule is CC[Si](C=CCOC(C)OCC(Cl)(Cl)Cl)(CC)CC. The lowest BCUT2D eigenvalue weighted by molar-refractivity contribution is -0.121. The first kappa shape index (κ1) is 19.7. The van der Waals surface area contributed by atoms with Crippen molar-refractivity contribution in [2.75, 3.05) is 13.2 Å². The van der Waals surface area contributed by atoms with Crippen molar-refractivity contribution in [2.45, 2.75) is 55.9 Å². The molecule has 0 saturated carbocycles. The van der Waals surface area contributed by atoms with Crippen LogP contribution in [0.4, 0.5) is 0 Å². The van der Waals surface area contributed by atoms with Crippen molar-refractivity contribution >= 4 is 42.9 Å². The second kappa shape index (κ2) is 9.64. The number of hydrogen-bond acceptors (Lipinski definition) is 2. The minimum absolute atomic E-state index is 0.0279. The fourth-order valence-corrected chi connectivity index (χ4v) is 4.85. The van der Waals surface area contributed by atoms with E-state index in [0.717, 1.165) is 0 Å². The van der Waals surface area contributed by atoms with E-state index in [2.05, 4.69) is 32.5 Å². The van der Waals surface area contributed by atoms with Crippen molar-refractivity contribution in [3.8, 4) is 0 Å². The average Bonchev–Trinajstić information content (AvgIpc) is 2.37. The van der Waals surface area contributed by atoms with E-state index in [1.54, 1.807) is 6.92 Å². The van der Waals surface area contributed by atoms with Crippen LogP contribution >= 0.6 is 34.8 Å². The molecule has 0 N–H and O–H groups in total. The molecular formula is C13H25Cl3O2Si. The molecule has 1 unspecified atom stereocenters. The third-order valence-corrected chi connectivity index (χ3v) is 8.99. The fraction of sp³-hybridized carbons (Fsp3) is 0.846. The van der Waals surface area contributed by atoms with Gasteiger partial charge >= 0.3 is 0 Å². The number of halogens is 3. The van der Waals surface area contributed by atoms with Crippen molar-refractivity contribution in [3.05, 3.63) is 11.8 Å². The summed E-state index contributed by atoms with van der Waals surface area (Å²) in [5.41, 5.74) is 2.38. The first-order valence-corrected chi connectivity index (χ1v) is 10.6. The van der Waals surface area contributed by atoms with Gasteiger partial charge in [-0.3, -0.25) is 0 Å². The summed E-state index contributed by atoms with van der Waals surface area (Å²) in [4.78, 5) is 0. The van der Waals surface area contributed by atoms with Gasteiger partial charge in [0.25, 0.3) is 0 Å². The minimum atomic E-state index is -1.39. The predicted molar refractivity (Wildman–Crippen MR) is 88.0 cm³/mol. The van der Waals surface area contributed by atoms with Gasteiger partial charge < -0.3 is 9.47 Å². The molecule has 0 aliphatic rings. The monoisotopic (exact) mass is 346 g/mol. The van der Waals surface area contributed by atoms with E-state index >= 15 is 0 Å². The zero-order valence-electron chi connectivity index (χ0n) is 12.2. The molecule has 0 aliphatic heterocycles. The van der Waals surface area contributed by atoms with Crippen LogP contribution in [-0.2, 0) is 9.47 Å². The lowest BCUT2D eigenvalue weighted by atomic mass is 10.6. The molecule has 0 aromatic heterocycles. The average molecular weight is 348 g/mol. The highest BCUT2D eigenvalue weighted by molar-refractivity contribution is 6.84. The quantitative estimate of drug-likeness (QED) is 0.318. The largest absolute Gasteiger partial charge is 0.349 e. The van der Waals surface area contributed by atoms with Crippen LogP contribution in [0.5, 0.6) is 0 Å². The Morgan fingerprint density at radius 3 is 2.00 bits per heavy atom. The third kappa shape index (κ3) is 9.32. The molecule has 0 aliphatic carbocycles. The Balaban J connectivity index is 4.01. The summed E-state index contributed by atoms with van der Waals surface area (Å²) < 4.78 is 9.39. The first-order valence-electron chi connectivity index (χ1n) is 6.76. The van der Waals surface area contributed by atoms with Gasteiger partial charge in [-0.25, -0.2) is 0 Å². The lowest BCUT2D eigenvalue weighted by Gasteiger charge is -2.23. The predicted octanol–water partition coefficient (Wildman–Crippen LogP) is 5.34. The van der Waals surface area contributed by atoms with Crippen LogP contribution in [0.25, 0.3) is 0 Å². The fourth-order valence-electron chi connectivity index (χ4n) is 1.85. The highest BCUT2D eigenvalue weighted by atomic mass is 35.6. The summed E-state index contributed by atoms with van der Waals surface area (Å²) in [7, 11) is -1.20. The molecule has 0 fully saturated rings. The van der Waals surface area contributed by atoms with Crippen LogP contribution in [0.3, 0.4) is 0 Å². The second-order valence-electron chi connectivity index (χ2n) is 4.65. The van der Waals surface area contributed by atoms with Gasteiger partial charge in [0, 0.05) is 0 Å². The van der Waals surface area contributed by atoms with E-state index in [1.807, 2.05) is 0 Å². The summed E-state index contributed by atoms with van der Waals surface area (Å²) in [5, 5.41) is 0. The lowest BCUT2D eigenvalue weighted by Crippen LogP contribution is -2.28. The summed E-state index contributed by atoms with van der Waals surface area (Å²) in [6.07, 6.45) is 1.74. The van der Waals surface area contributed by atoms with Crippen LogP contribution in [0, 0.1) is 0 Å². The number of ether oxygens (including phenoxy) is 2. The molecule has 0 amide bonds. The summed E-state index contributed by atoms with van der Waals surface area (Å²) in [6, 6.07) is 3.82. The molecule has 114 valence electrons. The molecule has 0 radical (unpaired) electrons.